The van der Waals surface area contributed by atoms with Crippen molar-refractivity contribution in [3.05, 3.63) is 47.4 Å². The Kier molecular flexibility index (Phi) is 3.59. The first-order valence-electron chi connectivity index (χ1n) is 5.09. The Labute approximate surface area is 114 Å². The number of rotatable bonds is 3. The minimum absolute atomic E-state index is 0.0909. The largest absolute Gasteiger partial charge is 0.398 e. The second kappa shape index (κ2) is 5.02. The van der Waals surface area contributed by atoms with Crippen LogP contribution < -0.4 is 10.5 Å². The number of nitrogens with one attached hydrogen (secondary N) is 1. The zero-order valence-corrected chi connectivity index (χ0v) is 11.0. The van der Waals surface area contributed by atoms with Crippen LogP contribution >= 0.6 is 11.6 Å². The van der Waals surface area contributed by atoms with Crippen LogP contribution in [0.5, 0.6) is 0 Å². The molecule has 0 spiro atoms. The molecule has 2 aromatic rings. The Balaban J connectivity index is 2.47. The molecule has 5 nitrogen and oxygen atoms in total. The zero-order chi connectivity index (χ0) is 14.0. The van der Waals surface area contributed by atoms with Gasteiger partial charge in [0.15, 0.2) is 5.82 Å². The first-order valence-corrected chi connectivity index (χ1v) is 6.95. The van der Waals surface area contributed by atoms with Crippen molar-refractivity contribution in [3.63, 3.8) is 0 Å². The molecule has 0 aliphatic heterocycles. The highest BCUT2D eigenvalue weighted by Gasteiger charge is 2.23. The lowest BCUT2D eigenvalue weighted by Crippen LogP contribution is -2.17. The van der Waals surface area contributed by atoms with E-state index < -0.39 is 20.7 Å². The molecule has 1 aromatic carbocycles. The third kappa shape index (κ3) is 2.77. The fourth-order valence-electron chi connectivity index (χ4n) is 1.45. The fraction of sp³-hybridized carbons (Fsp3) is 0. The second-order valence-electron chi connectivity index (χ2n) is 3.60. The fourth-order valence-corrected chi connectivity index (χ4v) is 2.90. The molecular weight excluding hydrogens is 293 g/mol. The van der Waals surface area contributed by atoms with E-state index in [4.69, 9.17) is 17.3 Å². The molecule has 100 valence electrons. The van der Waals surface area contributed by atoms with Gasteiger partial charge in [-0.3, -0.25) is 4.72 Å². The summed E-state index contributed by atoms with van der Waals surface area (Å²) in [6, 6.07) is 6.61. The summed E-state index contributed by atoms with van der Waals surface area (Å²) in [5, 5.41) is 0.0981. The van der Waals surface area contributed by atoms with E-state index >= 15 is 0 Å². The number of hydrogen-bond acceptors (Lipinski definition) is 4. The number of hydrogen-bond donors (Lipinski definition) is 2. The van der Waals surface area contributed by atoms with Crippen LogP contribution in [0.25, 0.3) is 0 Å². The van der Waals surface area contributed by atoms with Crippen LogP contribution in [-0.4, -0.2) is 13.4 Å². The van der Waals surface area contributed by atoms with Crippen LogP contribution in [0.1, 0.15) is 0 Å². The van der Waals surface area contributed by atoms with Crippen LogP contribution in [0.4, 0.5) is 15.9 Å². The molecule has 0 radical (unpaired) electrons. The van der Waals surface area contributed by atoms with Gasteiger partial charge in [-0.05, 0) is 24.3 Å². The minimum Gasteiger partial charge on any atom is -0.398 e. The normalized spacial score (nSPS) is 11.3. The van der Waals surface area contributed by atoms with Gasteiger partial charge < -0.3 is 5.73 Å². The number of aromatic nitrogens is 1. The third-order valence-electron chi connectivity index (χ3n) is 2.26. The Morgan fingerprint density at radius 1 is 1.26 bits per heavy atom. The molecular formula is C11H9ClFN3O2S. The number of nitrogen functional groups attached to an aromatic ring is 1. The van der Waals surface area contributed by atoms with Crippen molar-refractivity contribution in [2.45, 2.75) is 4.90 Å². The van der Waals surface area contributed by atoms with E-state index in [0.717, 1.165) is 6.07 Å². The molecule has 0 saturated carbocycles. The molecule has 1 aromatic heterocycles. The van der Waals surface area contributed by atoms with Gasteiger partial charge in [0.1, 0.15) is 10.7 Å². The first kappa shape index (κ1) is 13.6. The number of nitrogens with two attached hydrogens (primary N) is 1. The molecule has 19 heavy (non-hydrogen) atoms. The summed E-state index contributed by atoms with van der Waals surface area (Å²) < 4.78 is 39.8. The van der Waals surface area contributed by atoms with Crippen LogP contribution in [0.2, 0.25) is 5.02 Å². The number of sulfonamides is 1. The van der Waals surface area contributed by atoms with Crippen LogP contribution in [-0.2, 0) is 10.0 Å². The van der Waals surface area contributed by atoms with E-state index in [0.29, 0.717) is 0 Å². The number of pyridine rings is 1. The lowest BCUT2D eigenvalue weighted by molar-refractivity contribution is 0.571. The smallest absolute Gasteiger partial charge is 0.268 e. The molecule has 0 amide bonds. The lowest BCUT2D eigenvalue weighted by Gasteiger charge is -2.10. The van der Waals surface area contributed by atoms with E-state index in [2.05, 4.69) is 9.71 Å². The van der Waals surface area contributed by atoms with Gasteiger partial charge >= 0.3 is 0 Å². The quantitative estimate of drug-likeness (QED) is 0.852. The van der Waals surface area contributed by atoms with Crippen molar-refractivity contribution in [3.8, 4) is 0 Å². The predicted octanol–water partition coefficient (Wildman–Crippen LogP) is 2.26. The average Bonchev–Trinajstić information content (AvgIpc) is 2.31. The second-order valence-corrected chi connectivity index (χ2v) is 5.62. The first-order chi connectivity index (χ1) is 8.92. The highest BCUT2D eigenvalue weighted by Crippen LogP contribution is 2.26. The van der Waals surface area contributed by atoms with Crippen LogP contribution in [0.15, 0.2) is 41.4 Å². The Hall–Kier alpha value is -1.86. The lowest BCUT2D eigenvalue weighted by atomic mass is 10.3. The number of nitrogens with zero attached hydrogens (tertiary/aromatic N) is 1. The van der Waals surface area contributed by atoms with Gasteiger partial charge in [-0.15, -0.1) is 0 Å². The molecule has 0 aliphatic carbocycles. The molecule has 8 heteroatoms. The van der Waals surface area contributed by atoms with Crippen LogP contribution in [0.3, 0.4) is 0 Å². The van der Waals surface area contributed by atoms with Crippen molar-refractivity contribution in [1.29, 1.82) is 0 Å². The Morgan fingerprint density at radius 2 is 2.00 bits per heavy atom. The molecule has 1 heterocycles. The van der Waals surface area contributed by atoms with Gasteiger partial charge in [0.05, 0.1) is 10.7 Å². The summed E-state index contributed by atoms with van der Waals surface area (Å²) in [5.41, 5.74) is 5.29. The molecule has 2 rings (SSSR count). The summed E-state index contributed by atoms with van der Waals surface area (Å²) in [7, 11) is -4.19. The van der Waals surface area contributed by atoms with Crippen molar-refractivity contribution < 1.29 is 12.8 Å². The average molecular weight is 302 g/mol. The maximum Gasteiger partial charge on any atom is 0.268 e. The predicted molar refractivity (Wildman–Crippen MR) is 70.9 cm³/mol. The van der Waals surface area contributed by atoms with E-state index in [1.807, 2.05) is 0 Å². The molecule has 0 bridgehead atoms. The molecule has 0 unspecified atom stereocenters. The molecule has 0 aliphatic rings. The van der Waals surface area contributed by atoms with Gasteiger partial charge in [-0.25, -0.2) is 17.8 Å². The topological polar surface area (TPSA) is 85.1 Å². The Morgan fingerprint density at radius 3 is 2.63 bits per heavy atom. The number of benzene rings is 1. The van der Waals surface area contributed by atoms with Gasteiger partial charge in [-0.2, -0.15) is 0 Å². The SMILES string of the molecule is Nc1cccc(F)c1S(=O)(=O)Nc1ncccc1Cl. The number of halogens is 2. The van der Waals surface area contributed by atoms with Crippen molar-refractivity contribution in [2.75, 3.05) is 10.5 Å². The molecule has 0 saturated heterocycles. The van der Waals surface area contributed by atoms with Gasteiger partial charge in [0.2, 0.25) is 0 Å². The zero-order valence-electron chi connectivity index (χ0n) is 9.47. The van der Waals surface area contributed by atoms with Crippen molar-refractivity contribution in [2.24, 2.45) is 0 Å². The Bertz CT molecular complexity index is 701. The summed E-state index contributed by atoms with van der Waals surface area (Å²) in [4.78, 5) is 3.13. The molecule has 0 atom stereocenters. The monoisotopic (exact) mass is 301 g/mol. The highest BCUT2D eigenvalue weighted by molar-refractivity contribution is 7.92. The van der Waals surface area contributed by atoms with E-state index in [1.54, 1.807) is 0 Å². The maximum absolute atomic E-state index is 13.6. The highest BCUT2D eigenvalue weighted by atomic mass is 35.5. The van der Waals surface area contributed by atoms with E-state index in [9.17, 15) is 12.8 Å². The van der Waals surface area contributed by atoms with Gasteiger partial charge in [-0.1, -0.05) is 17.7 Å². The van der Waals surface area contributed by atoms with Gasteiger partial charge in [0.25, 0.3) is 10.0 Å². The summed E-state index contributed by atoms with van der Waals surface area (Å²) in [6.07, 6.45) is 1.36. The molecule has 3 N–H and O–H groups in total. The summed E-state index contributed by atoms with van der Waals surface area (Å²) in [5.74, 6) is -1.04. The number of anilines is 2. The maximum atomic E-state index is 13.6. The standard InChI is InChI=1S/C11H9ClFN3O2S/c12-7-3-2-6-15-11(7)16-19(17,18)10-8(13)4-1-5-9(10)14/h1-6H,14H2,(H,15,16). The minimum atomic E-state index is -4.19. The van der Waals surface area contributed by atoms with E-state index in [-0.39, 0.29) is 16.5 Å². The molecule has 0 fully saturated rings. The summed E-state index contributed by atoms with van der Waals surface area (Å²) in [6.45, 7) is 0. The van der Waals surface area contributed by atoms with Crippen molar-refractivity contribution >= 4 is 33.1 Å². The van der Waals surface area contributed by atoms with Gasteiger partial charge in [0, 0.05) is 6.20 Å². The third-order valence-corrected chi connectivity index (χ3v) is 3.99. The summed E-state index contributed by atoms with van der Waals surface area (Å²) >= 11 is 5.78. The van der Waals surface area contributed by atoms with Crippen molar-refractivity contribution in [1.82, 2.24) is 4.98 Å². The van der Waals surface area contributed by atoms with E-state index in [1.165, 1.54) is 30.5 Å². The van der Waals surface area contributed by atoms with Crippen LogP contribution in [0, 0.1) is 5.82 Å².